The van der Waals surface area contributed by atoms with Crippen LogP contribution in [0.1, 0.15) is 51.5 Å². The van der Waals surface area contributed by atoms with Crippen molar-refractivity contribution < 1.29 is 19.1 Å². The van der Waals surface area contributed by atoms with Gasteiger partial charge in [-0.1, -0.05) is 12.1 Å². The van der Waals surface area contributed by atoms with Gasteiger partial charge in [0.15, 0.2) is 0 Å². The van der Waals surface area contributed by atoms with Crippen molar-refractivity contribution in [3.63, 3.8) is 0 Å². The Morgan fingerprint density at radius 1 is 1.00 bits per heavy atom. The number of ether oxygens (including phenoxy) is 1. The van der Waals surface area contributed by atoms with E-state index in [9.17, 15) is 14.4 Å². The lowest BCUT2D eigenvalue weighted by Gasteiger charge is -2.37. The minimum Gasteiger partial charge on any atom is -0.444 e. The Kier molecular flexibility index (Phi) is 7.96. The van der Waals surface area contributed by atoms with Crippen molar-refractivity contribution in [1.29, 1.82) is 0 Å². The van der Waals surface area contributed by atoms with Crippen molar-refractivity contribution in [3.8, 4) is 0 Å². The number of nitrogens with zero attached hydrogens (tertiary/aromatic N) is 3. The number of alkyl carbamates (subject to hydrolysis) is 1. The lowest BCUT2D eigenvalue weighted by atomic mass is 9.90. The van der Waals surface area contributed by atoms with Crippen LogP contribution in [0.2, 0.25) is 0 Å². The molecule has 0 bridgehead atoms. The standard InChI is InChI=1S/C26H39N5O4/c1-26(2,3)35-25(34)27-20-10-11-30(18-20)13-12-29-14-16-31(17-15-29)21-6-4-19(5-7-21)22-8-9-23(32)28-24(22)33/h4-7,20,22H,8-18H2,1-3H3,(H,27,34)(H,28,32,33)/t20-,22?/m1/s1. The van der Waals surface area contributed by atoms with Gasteiger partial charge in [0.2, 0.25) is 11.8 Å². The number of imide groups is 1. The number of hydrogen-bond acceptors (Lipinski definition) is 7. The summed E-state index contributed by atoms with van der Waals surface area (Å²) in [4.78, 5) is 42.8. The van der Waals surface area contributed by atoms with E-state index in [0.29, 0.717) is 12.8 Å². The van der Waals surface area contributed by atoms with Gasteiger partial charge < -0.3 is 15.0 Å². The normalized spacial score (nSPS) is 24.4. The molecule has 35 heavy (non-hydrogen) atoms. The maximum absolute atomic E-state index is 12.1. The Morgan fingerprint density at radius 2 is 1.69 bits per heavy atom. The summed E-state index contributed by atoms with van der Waals surface area (Å²) in [7, 11) is 0. The number of benzene rings is 1. The van der Waals surface area contributed by atoms with Crippen LogP contribution in [0.4, 0.5) is 10.5 Å². The number of piperazine rings is 1. The molecule has 0 aromatic heterocycles. The Labute approximate surface area is 208 Å². The molecule has 1 aromatic carbocycles. The van der Waals surface area contributed by atoms with Crippen LogP contribution in [0.15, 0.2) is 24.3 Å². The van der Waals surface area contributed by atoms with Crippen molar-refractivity contribution in [2.45, 2.75) is 57.6 Å². The van der Waals surface area contributed by atoms with E-state index in [2.05, 4.69) is 37.5 Å². The van der Waals surface area contributed by atoms with Gasteiger partial charge >= 0.3 is 6.09 Å². The average molecular weight is 486 g/mol. The number of anilines is 1. The number of rotatable bonds is 6. The fourth-order valence-corrected chi connectivity index (χ4v) is 5.07. The first-order chi connectivity index (χ1) is 16.7. The molecule has 9 heteroatoms. The van der Waals surface area contributed by atoms with E-state index in [4.69, 9.17) is 4.74 Å². The topological polar surface area (TPSA) is 94.2 Å². The minimum atomic E-state index is -0.472. The van der Waals surface area contributed by atoms with E-state index in [0.717, 1.165) is 64.3 Å². The second-order valence-electron chi connectivity index (χ2n) is 10.9. The predicted molar refractivity (Wildman–Crippen MR) is 134 cm³/mol. The maximum Gasteiger partial charge on any atom is 0.407 e. The molecule has 3 aliphatic rings. The zero-order valence-corrected chi connectivity index (χ0v) is 21.2. The number of piperidine rings is 1. The second kappa shape index (κ2) is 11.0. The Balaban J connectivity index is 1.16. The summed E-state index contributed by atoms with van der Waals surface area (Å²) in [5.41, 5.74) is 1.68. The SMILES string of the molecule is CC(C)(C)OC(=O)N[C@@H]1CCN(CCN2CCN(c3ccc(C4CCC(=O)NC4=O)cc3)CC2)C1. The summed E-state index contributed by atoms with van der Waals surface area (Å²) in [5.74, 6) is -0.599. The molecule has 0 spiro atoms. The summed E-state index contributed by atoms with van der Waals surface area (Å²) in [6.45, 7) is 13.5. The summed E-state index contributed by atoms with van der Waals surface area (Å²) in [5, 5.41) is 5.44. The van der Waals surface area contributed by atoms with Gasteiger partial charge in [-0.15, -0.1) is 0 Å². The van der Waals surface area contributed by atoms with Gasteiger partial charge in [0.25, 0.3) is 0 Å². The monoisotopic (exact) mass is 485 g/mol. The Bertz CT molecular complexity index is 905. The Hall–Kier alpha value is -2.65. The first-order valence-electron chi connectivity index (χ1n) is 12.8. The third-order valence-electron chi connectivity index (χ3n) is 7.00. The van der Waals surface area contributed by atoms with E-state index in [1.54, 1.807) is 0 Å². The van der Waals surface area contributed by atoms with E-state index in [1.807, 2.05) is 32.9 Å². The number of carbonyl (C=O) groups is 3. The van der Waals surface area contributed by atoms with Crippen molar-refractivity contribution in [1.82, 2.24) is 20.4 Å². The third kappa shape index (κ3) is 7.18. The smallest absolute Gasteiger partial charge is 0.407 e. The van der Waals surface area contributed by atoms with Gasteiger partial charge in [-0.05, 0) is 51.3 Å². The van der Waals surface area contributed by atoms with Crippen LogP contribution in [0.3, 0.4) is 0 Å². The van der Waals surface area contributed by atoms with Gasteiger partial charge in [-0.3, -0.25) is 24.7 Å². The summed E-state index contributed by atoms with van der Waals surface area (Å²) >= 11 is 0. The van der Waals surface area contributed by atoms with E-state index < -0.39 is 5.60 Å². The molecule has 9 nitrogen and oxygen atoms in total. The Morgan fingerprint density at radius 3 is 2.34 bits per heavy atom. The van der Waals surface area contributed by atoms with Gasteiger partial charge in [-0.25, -0.2) is 4.79 Å². The molecular formula is C26H39N5O4. The van der Waals surface area contributed by atoms with Crippen LogP contribution in [0.25, 0.3) is 0 Å². The molecule has 3 saturated heterocycles. The van der Waals surface area contributed by atoms with E-state index in [-0.39, 0.29) is 29.9 Å². The maximum atomic E-state index is 12.1. The van der Waals surface area contributed by atoms with Crippen LogP contribution < -0.4 is 15.5 Å². The molecule has 2 atom stereocenters. The van der Waals surface area contributed by atoms with Gasteiger partial charge in [0.1, 0.15) is 5.60 Å². The molecule has 192 valence electrons. The lowest BCUT2D eigenvalue weighted by Crippen LogP contribution is -2.48. The van der Waals surface area contributed by atoms with Crippen LogP contribution in [-0.4, -0.2) is 91.7 Å². The zero-order valence-electron chi connectivity index (χ0n) is 21.2. The number of hydrogen-bond donors (Lipinski definition) is 2. The van der Waals surface area contributed by atoms with Gasteiger partial charge in [0.05, 0.1) is 5.92 Å². The first kappa shape index (κ1) is 25.4. The summed E-state index contributed by atoms with van der Waals surface area (Å²) < 4.78 is 5.37. The largest absolute Gasteiger partial charge is 0.444 e. The second-order valence-corrected chi connectivity index (χ2v) is 10.9. The third-order valence-corrected chi connectivity index (χ3v) is 7.00. The fourth-order valence-electron chi connectivity index (χ4n) is 5.07. The molecule has 2 N–H and O–H groups in total. The molecule has 3 amide bonds. The average Bonchev–Trinajstić information content (AvgIpc) is 3.24. The highest BCUT2D eigenvalue weighted by atomic mass is 16.6. The minimum absolute atomic E-state index is 0.157. The van der Waals surface area contributed by atoms with Crippen LogP contribution >= 0.6 is 0 Å². The fraction of sp³-hybridized carbons (Fsp3) is 0.654. The number of likely N-dealkylation sites (tertiary alicyclic amines) is 1. The molecule has 0 aliphatic carbocycles. The predicted octanol–water partition coefficient (Wildman–Crippen LogP) is 1.93. The summed E-state index contributed by atoms with van der Waals surface area (Å²) in [6.07, 6.45) is 1.61. The highest BCUT2D eigenvalue weighted by Crippen LogP contribution is 2.27. The molecule has 1 unspecified atom stereocenters. The van der Waals surface area contributed by atoms with E-state index >= 15 is 0 Å². The van der Waals surface area contributed by atoms with Crippen molar-refractivity contribution >= 4 is 23.6 Å². The summed E-state index contributed by atoms with van der Waals surface area (Å²) in [6, 6.07) is 8.39. The highest BCUT2D eigenvalue weighted by molar-refractivity contribution is 6.00. The van der Waals surface area contributed by atoms with Crippen LogP contribution in [0, 0.1) is 0 Å². The van der Waals surface area contributed by atoms with Crippen molar-refractivity contribution in [2.24, 2.45) is 0 Å². The number of amides is 3. The first-order valence-corrected chi connectivity index (χ1v) is 12.8. The van der Waals surface area contributed by atoms with Crippen molar-refractivity contribution in [2.75, 3.05) is 57.3 Å². The molecular weight excluding hydrogens is 446 g/mol. The van der Waals surface area contributed by atoms with Crippen molar-refractivity contribution in [3.05, 3.63) is 29.8 Å². The number of carbonyl (C=O) groups excluding carboxylic acids is 3. The molecule has 4 rings (SSSR count). The lowest BCUT2D eigenvalue weighted by molar-refractivity contribution is -0.134. The van der Waals surface area contributed by atoms with E-state index in [1.165, 1.54) is 5.69 Å². The zero-order chi connectivity index (χ0) is 25.0. The van der Waals surface area contributed by atoms with Crippen LogP contribution in [-0.2, 0) is 14.3 Å². The quantitative estimate of drug-likeness (QED) is 0.595. The molecule has 3 fully saturated rings. The molecule has 0 saturated carbocycles. The highest BCUT2D eigenvalue weighted by Gasteiger charge is 2.29. The molecule has 0 radical (unpaired) electrons. The molecule has 3 aliphatic heterocycles. The molecule has 3 heterocycles. The van der Waals surface area contributed by atoms with Gasteiger partial charge in [-0.2, -0.15) is 0 Å². The van der Waals surface area contributed by atoms with Crippen LogP contribution in [0.5, 0.6) is 0 Å². The number of nitrogens with one attached hydrogen (secondary N) is 2. The van der Waals surface area contributed by atoms with Gasteiger partial charge in [0, 0.05) is 70.5 Å². The molecule has 1 aromatic rings.